The number of aryl methyl sites for hydroxylation is 2. The Hall–Kier alpha value is -1.35. The fraction of sp³-hybridized carbons (Fsp3) is 0.429. The molecular formula is C14H18FNO. The van der Waals surface area contributed by atoms with Gasteiger partial charge in [0, 0.05) is 11.4 Å². The van der Waals surface area contributed by atoms with E-state index in [0.717, 1.165) is 27.9 Å². The second kappa shape index (κ2) is 4.49. The smallest absolute Gasteiger partial charge is 0.137 e. The van der Waals surface area contributed by atoms with E-state index in [1.807, 2.05) is 13.8 Å². The molecule has 2 rings (SSSR count). The summed E-state index contributed by atoms with van der Waals surface area (Å²) in [5.74, 6) is 0.685. The van der Waals surface area contributed by atoms with Crippen LogP contribution in [-0.2, 0) is 6.54 Å². The van der Waals surface area contributed by atoms with E-state index in [1.165, 1.54) is 6.07 Å². The van der Waals surface area contributed by atoms with Crippen molar-refractivity contribution >= 4 is 11.0 Å². The predicted molar refractivity (Wildman–Crippen MR) is 67.6 cm³/mol. The Labute approximate surface area is 101 Å². The van der Waals surface area contributed by atoms with Gasteiger partial charge in [-0.25, -0.2) is 4.39 Å². The number of benzene rings is 1. The largest absolute Gasteiger partial charge is 0.459 e. The van der Waals surface area contributed by atoms with Crippen LogP contribution >= 0.6 is 0 Å². The molecule has 0 aliphatic rings. The summed E-state index contributed by atoms with van der Waals surface area (Å²) in [6, 6.07) is 3.45. The van der Waals surface area contributed by atoms with Crippen LogP contribution in [-0.4, -0.2) is 6.04 Å². The van der Waals surface area contributed by atoms with Gasteiger partial charge in [-0.2, -0.15) is 0 Å². The minimum atomic E-state index is -0.206. The lowest BCUT2D eigenvalue weighted by Gasteiger charge is -2.05. The number of rotatable bonds is 3. The SMILES string of the molecule is Cc1c(CNC(C)C)oc2c(C)cc(F)cc12. The lowest BCUT2D eigenvalue weighted by Crippen LogP contribution is -2.21. The van der Waals surface area contributed by atoms with Crippen molar-refractivity contribution in [1.82, 2.24) is 5.32 Å². The first-order valence-electron chi connectivity index (χ1n) is 5.90. The second-order valence-electron chi connectivity index (χ2n) is 4.79. The van der Waals surface area contributed by atoms with Crippen LogP contribution in [0.5, 0.6) is 0 Å². The average molecular weight is 235 g/mol. The van der Waals surface area contributed by atoms with Crippen LogP contribution < -0.4 is 5.32 Å². The monoisotopic (exact) mass is 235 g/mol. The normalized spacial score (nSPS) is 11.6. The second-order valence-corrected chi connectivity index (χ2v) is 4.79. The van der Waals surface area contributed by atoms with Gasteiger partial charge in [0.2, 0.25) is 0 Å². The van der Waals surface area contributed by atoms with Crippen molar-refractivity contribution in [2.24, 2.45) is 0 Å². The zero-order valence-corrected chi connectivity index (χ0v) is 10.7. The van der Waals surface area contributed by atoms with E-state index in [1.54, 1.807) is 6.07 Å². The van der Waals surface area contributed by atoms with Crippen LogP contribution in [0.1, 0.15) is 30.7 Å². The van der Waals surface area contributed by atoms with E-state index in [2.05, 4.69) is 19.2 Å². The van der Waals surface area contributed by atoms with Gasteiger partial charge in [0.05, 0.1) is 6.54 Å². The molecule has 2 aromatic rings. The van der Waals surface area contributed by atoms with Gasteiger partial charge in [0.25, 0.3) is 0 Å². The first kappa shape index (κ1) is 12.1. The summed E-state index contributed by atoms with van der Waals surface area (Å²) in [6.45, 7) is 8.70. The van der Waals surface area contributed by atoms with Crippen LogP contribution in [0, 0.1) is 19.7 Å². The summed E-state index contributed by atoms with van der Waals surface area (Å²) in [4.78, 5) is 0. The van der Waals surface area contributed by atoms with Crippen LogP contribution in [0.3, 0.4) is 0 Å². The Kier molecular flexibility index (Phi) is 3.20. The van der Waals surface area contributed by atoms with Gasteiger partial charge in [-0.1, -0.05) is 13.8 Å². The number of fused-ring (bicyclic) bond motifs is 1. The van der Waals surface area contributed by atoms with Crippen molar-refractivity contribution in [3.05, 3.63) is 34.8 Å². The third kappa shape index (κ3) is 2.34. The average Bonchev–Trinajstić information content (AvgIpc) is 2.54. The van der Waals surface area contributed by atoms with E-state index >= 15 is 0 Å². The summed E-state index contributed by atoms with van der Waals surface area (Å²) in [7, 11) is 0. The van der Waals surface area contributed by atoms with Gasteiger partial charge in [0.15, 0.2) is 0 Å². The van der Waals surface area contributed by atoms with Gasteiger partial charge >= 0.3 is 0 Å². The highest BCUT2D eigenvalue weighted by Crippen LogP contribution is 2.28. The van der Waals surface area contributed by atoms with E-state index in [4.69, 9.17) is 4.42 Å². The molecule has 2 nitrogen and oxygen atoms in total. The van der Waals surface area contributed by atoms with Gasteiger partial charge < -0.3 is 9.73 Å². The molecule has 0 radical (unpaired) electrons. The molecule has 0 atom stereocenters. The Morgan fingerprint density at radius 1 is 1.29 bits per heavy atom. The summed E-state index contributed by atoms with van der Waals surface area (Å²) < 4.78 is 19.1. The van der Waals surface area contributed by atoms with E-state index in [-0.39, 0.29) is 5.82 Å². The minimum Gasteiger partial charge on any atom is -0.459 e. The minimum absolute atomic E-state index is 0.206. The first-order valence-corrected chi connectivity index (χ1v) is 5.90. The van der Waals surface area contributed by atoms with Crippen LogP contribution in [0.15, 0.2) is 16.5 Å². The highest BCUT2D eigenvalue weighted by Gasteiger charge is 2.13. The molecule has 1 heterocycles. The molecule has 1 aromatic heterocycles. The van der Waals surface area contributed by atoms with Gasteiger partial charge in [-0.3, -0.25) is 0 Å². The highest BCUT2D eigenvalue weighted by atomic mass is 19.1. The summed E-state index contributed by atoms with van der Waals surface area (Å²) in [5, 5.41) is 4.19. The summed E-state index contributed by atoms with van der Waals surface area (Å²) in [5.41, 5.74) is 2.67. The predicted octanol–water partition coefficient (Wildman–Crippen LogP) is 3.69. The molecule has 0 saturated carbocycles. The van der Waals surface area contributed by atoms with Crippen molar-refractivity contribution in [2.45, 2.75) is 40.3 Å². The molecule has 0 bridgehead atoms. The lowest BCUT2D eigenvalue weighted by atomic mass is 10.1. The molecule has 0 fully saturated rings. The molecule has 0 aliphatic heterocycles. The number of furan rings is 1. The third-order valence-electron chi connectivity index (χ3n) is 2.96. The maximum atomic E-state index is 13.3. The third-order valence-corrected chi connectivity index (χ3v) is 2.96. The van der Waals surface area contributed by atoms with Crippen molar-refractivity contribution in [2.75, 3.05) is 0 Å². The first-order chi connectivity index (χ1) is 7.99. The Balaban J connectivity index is 2.45. The van der Waals surface area contributed by atoms with Gasteiger partial charge in [-0.05, 0) is 37.1 Å². The van der Waals surface area contributed by atoms with Crippen molar-refractivity contribution in [3.8, 4) is 0 Å². The lowest BCUT2D eigenvalue weighted by molar-refractivity contribution is 0.484. The molecule has 3 heteroatoms. The van der Waals surface area contributed by atoms with E-state index < -0.39 is 0 Å². The fourth-order valence-corrected chi connectivity index (χ4v) is 1.96. The Bertz CT molecular complexity index is 543. The van der Waals surface area contributed by atoms with Crippen LogP contribution in [0.25, 0.3) is 11.0 Å². The number of hydrogen-bond donors (Lipinski definition) is 1. The van der Waals surface area contributed by atoms with Crippen molar-refractivity contribution in [3.63, 3.8) is 0 Å². The molecule has 0 aliphatic carbocycles. The highest BCUT2D eigenvalue weighted by molar-refractivity contribution is 5.84. The maximum Gasteiger partial charge on any atom is 0.137 e. The molecule has 1 aromatic carbocycles. The fourth-order valence-electron chi connectivity index (χ4n) is 1.96. The molecule has 1 N–H and O–H groups in total. The standard InChI is InChI=1S/C14H18FNO/c1-8(2)16-7-13-10(4)12-6-11(15)5-9(3)14(12)17-13/h5-6,8,16H,7H2,1-4H3. The van der Waals surface area contributed by atoms with Gasteiger partial charge in [-0.15, -0.1) is 0 Å². The van der Waals surface area contributed by atoms with E-state index in [9.17, 15) is 4.39 Å². The number of hydrogen-bond acceptors (Lipinski definition) is 2. The maximum absolute atomic E-state index is 13.3. The summed E-state index contributed by atoms with van der Waals surface area (Å²) in [6.07, 6.45) is 0. The molecule has 0 amide bonds. The summed E-state index contributed by atoms with van der Waals surface area (Å²) >= 11 is 0. The van der Waals surface area contributed by atoms with E-state index in [0.29, 0.717) is 12.6 Å². The van der Waals surface area contributed by atoms with Crippen LogP contribution in [0.4, 0.5) is 4.39 Å². The number of nitrogens with one attached hydrogen (secondary N) is 1. The molecular weight excluding hydrogens is 217 g/mol. The number of halogens is 1. The zero-order valence-electron chi connectivity index (χ0n) is 10.7. The quantitative estimate of drug-likeness (QED) is 0.877. The zero-order chi connectivity index (χ0) is 12.6. The molecule has 0 unspecified atom stereocenters. The Morgan fingerprint density at radius 2 is 2.00 bits per heavy atom. The van der Waals surface area contributed by atoms with Crippen molar-refractivity contribution < 1.29 is 8.81 Å². The van der Waals surface area contributed by atoms with Crippen molar-refractivity contribution in [1.29, 1.82) is 0 Å². The topological polar surface area (TPSA) is 25.2 Å². The molecule has 0 saturated heterocycles. The molecule has 0 spiro atoms. The molecule has 92 valence electrons. The van der Waals surface area contributed by atoms with Crippen LogP contribution in [0.2, 0.25) is 0 Å². The Morgan fingerprint density at radius 3 is 2.65 bits per heavy atom. The molecule has 17 heavy (non-hydrogen) atoms. The van der Waals surface area contributed by atoms with Gasteiger partial charge in [0.1, 0.15) is 17.2 Å².